The first kappa shape index (κ1) is 20.2. The number of nitrogens with one attached hydrogen (secondary N) is 2. The summed E-state index contributed by atoms with van der Waals surface area (Å²) in [6, 6.07) is 16.5. The number of carbonyl (C=O) groups is 1. The van der Waals surface area contributed by atoms with Gasteiger partial charge in [0.15, 0.2) is 0 Å². The van der Waals surface area contributed by atoms with Gasteiger partial charge in [0.25, 0.3) is 15.9 Å². The molecule has 0 atom stereocenters. The van der Waals surface area contributed by atoms with Gasteiger partial charge >= 0.3 is 0 Å². The maximum Gasteiger partial charge on any atom is 0.261 e. The zero-order valence-corrected chi connectivity index (χ0v) is 17.3. The van der Waals surface area contributed by atoms with Crippen LogP contribution in [0.5, 0.6) is 5.75 Å². The molecule has 6 nitrogen and oxygen atoms in total. The third-order valence-corrected chi connectivity index (χ3v) is 5.85. The topological polar surface area (TPSA) is 95.5 Å². The summed E-state index contributed by atoms with van der Waals surface area (Å²) in [6.07, 6.45) is 0. The molecule has 3 N–H and O–H groups in total. The van der Waals surface area contributed by atoms with Gasteiger partial charge in [-0.1, -0.05) is 33.6 Å². The predicted octanol–water partition coefficient (Wildman–Crippen LogP) is 4.86. The third-order valence-electron chi connectivity index (χ3n) is 3.71. The monoisotopic (exact) mass is 480 g/mol. The molecular formula is C19H14BrClN2O4S. The van der Waals surface area contributed by atoms with E-state index >= 15 is 0 Å². The van der Waals surface area contributed by atoms with Crippen LogP contribution in [-0.2, 0) is 10.0 Å². The number of amides is 1. The Morgan fingerprint density at radius 2 is 1.71 bits per heavy atom. The van der Waals surface area contributed by atoms with Gasteiger partial charge in [0, 0.05) is 15.1 Å². The van der Waals surface area contributed by atoms with Crippen LogP contribution < -0.4 is 10.0 Å². The lowest BCUT2D eigenvalue weighted by Gasteiger charge is -2.12. The molecule has 0 spiro atoms. The molecule has 0 fully saturated rings. The summed E-state index contributed by atoms with van der Waals surface area (Å²) in [6.45, 7) is 0. The van der Waals surface area contributed by atoms with Crippen LogP contribution in [0, 0.1) is 0 Å². The number of halogens is 2. The van der Waals surface area contributed by atoms with Gasteiger partial charge in [0.2, 0.25) is 0 Å². The van der Waals surface area contributed by atoms with Crippen molar-refractivity contribution in [2.24, 2.45) is 0 Å². The number of rotatable bonds is 5. The standard InChI is InChI=1S/C19H14BrClN2O4S/c20-13-6-4-12(5-7-13)19(25)22-17-11-16(8-9-18(17)24)28(26,27)23-15-3-1-2-14(21)10-15/h1-11,23-24H,(H,22,25). The minimum atomic E-state index is -3.95. The number of hydrogen-bond acceptors (Lipinski definition) is 4. The van der Waals surface area contributed by atoms with Gasteiger partial charge in [0.1, 0.15) is 5.75 Å². The highest BCUT2D eigenvalue weighted by Crippen LogP contribution is 2.28. The minimum absolute atomic E-state index is 0.0260. The maximum absolute atomic E-state index is 12.6. The largest absolute Gasteiger partial charge is 0.506 e. The normalized spacial score (nSPS) is 11.1. The highest BCUT2D eigenvalue weighted by atomic mass is 79.9. The van der Waals surface area contributed by atoms with Crippen LogP contribution in [-0.4, -0.2) is 19.4 Å². The molecule has 0 saturated heterocycles. The molecule has 144 valence electrons. The highest BCUT2D eigenvalue weighted by molar-refractivity contribution is 9.10. The molecule has 28 heavy (non-hydrogen) atoms. The number of sulfonamides is 1. The van der Waals surface area contributed by atoms with Crippen molar-refractivity contribution in [2.75, 3.05) is 10.0 Å². The van der Waals surface area contributed by atoms with Crippen molar-refractivity contribution in [3.63, 3.8) is 0 Å². The quantitative estimate of drug-likeness (QED) is 0.453. The number of phenols is 1. The predicted molar refractivity (Wildman–Crippen MR) is 112 cm³/mol. The van der Waals surface area contributed by atoms with Crippen molar-refractivity contribution in [2.45, 2.75) is 4.90 Å². The third kappa shape index (κ3) is 4.83. The Balaban J connectivity index is 1.86. The van der Waals surface area contributed by atoms with Crippen molar-refractivity contribution in [3.05, 3.63) is 81.8 Å². The second kappa shape index (κ2) is 8.22. The van der Waals surface area contributed by atoms with Gasteiger partial charge in [-0.25, -0.2) is 8.42 Å². The van der Waals surface area contributed by atoms with Gasteiger partial charge in [0.05, 0.1) is 16.3 Å². The first-order valence-corrected chi connectivity index (χ1v) is 10.6. The van der Waals surface area contributed by atoms with E-state index in [1.807, 2.05) is 0 Å². The Labute approximate surface area is 175 Å². The molecule has 0 aromatic heterocycles. The second-order valence-corrected chi connectivity index (χ2v) is 8.79. The van der Waals surface area contributed by atoms with Crippen LogP contribution in [0.4, 0.5) is 11.4 Å². The smallest absolute Gasteiger partial charge is 0.261 e. The van der Waals surface area contributed by atoms with E-state index in [1.165, 1.54) is 24.3 Å². The Morgan fingerprint density at radius 3 is 2.39 bits per heavy atom. The number of anilines is 2. The first-order chi connectivity index (χ1) is 13.2. The molecule has 0 bridgehead atoms. The lowest BCUT2D eigenvalue weighted by molar-refractivity contribution is 0.102. The van der Waals surface area contributed by atoms with E-state index < -0.39 is 15.9 Å². The Kier molecular flexibility index (Phi) is 5.93. The van der Waals surface area contributed by atoms with Crippen molar-refractivity contribution in [3.8, 4) is 5.75 Å². The molecule has 0 saturated carbocycles. The molecule has 3 aromatic carbocycles. The fourth-order valence-corrected chi connectivity index (χ4v) is 3.87. The van der Waals surface area contributed by atoms with E-state index in [-0.39, 0.29) is 16.3 Å². The molecule has 0 radical (unpaired) electrons. The number of benzene rings is 3. The van der Waals surface area contributed by atoms with Crippen molar-refractivity contribution < 1.29 is 18.3 Å². The van der Waals surface area contributed by atoms with Crippen LogP contribution in [0.3, 0.4) is 0 Å². The minimum Gasteiger partial charge on any atom is -0.506 e. The van der Waals surface area contributed by atoms with E-state index in [2.05, 4.69) is 26.0 Å². The van der Waals surface area contributed by atoms with E-state index in [9.17, 15) is 18.3 Å². The highest BCUT2D eigenvalue weighted by Gasteiger charge is 2.18. The molecule has 0 unspecified atom stereocenters. The summed E-state index contributed by atoms with van der Waals surface area (Å²) in [4.78, 5) is 12.2. The SMILES string of the molecule is O=C(Nc1cc(S(=O)(=O)Nc2cccc(Cl)c2)ccc1O)c1ccc(Br)cc1. The van der Waals surface area contributed by atoms with Gasteiger partial charge in [-0.05, 0) is 60.7 Å². The van der Waals surface area contributed by atoms with Crippen LogP contribution in [0.1, 0.15) is 10.4 Å². The van der Waals surface area contributed by atoms with Crippen molar-refractivity contribution in [1.29, 1.82) is 0 Å². The van der Waals surface area contributed by atoms with Crippen LogP contribution >= 0.6 is 27.5 Å². The molecule has 9 heteroatoms. The molecule has 0 aliphatic rings. The Bertz CT molecular complexity index is 1130. The fourth-order valence-electron chi connectivity index (χ4n) is 2.34. The maximum atomic E-state index is 12.6. The van der Waals surface area contributed by atoms with Crippen LogP contribution in [0.15, 0.2) is 76.1 Å². The number of phenolic OH excluding ortho intramolecular Hbond substituents is 1. The van der Waals surface area contributed by atoms with E-state index in [0.29, 0.717) is 16.3 Å². The van der Waals surface area contributed by atoms with Gasteiger partial charge < -0.3 is 10.4 Å². The molecule has 3 rings (SSSR count). The Morgan fingerprint density at radius 1 is 1.00 bits per heavy atom. The van der Waals surface area contributed by atoms with E-state index in [4.69, 9.17) is 11.6 Å². The molecule has 3 aromatic rings. The molecule has 0 aliphatic heterocycles. The summed E-state index contributed by atoms with van der Waals surface area (Å²) in [7, 11) is -3.95. The summed E-state index contributed by atoms with van der Waals surface area (Å²) < 4.78 is 28.4. The Hall–Kier alpha value is -2.55. The zero-order valence-electron chi connectivity index (χ0n) is 14.2. The van der Waals surface area contributed by atoms with Gasteiger partial charge in [-0.15, -0.1) is 0 Å². The number of carbonyl (C=O) groups excluding carboxylic acids is 1. The second-order valence-electron chi connectivity index (χ2n) is 5.76. The summed E-state index contributed by atoms with van der Waals surface area (Å²) >= 11 is 9.15. The van der Waals surface area contributed by atoms with Crippen molar-refractivity contribution in [1.82, 2.24) is 0 Å². The molecule has 0 aliphatic carbocycles. The first-order valence-electron chi connectivity index (χ1n) is 7.93. The molecule has 1 amide bonds. The summed E-state index contributed by atoms with van der Waals surface area (Å²) in [5, 5.41) is 12.9. The average molecular weight is 482 g/mol. The van der Waals surface area contributed by atoms with Crippen molar-refractivity contribution >= 4 is 54.8 Å². The van der Waals surface area contributed by atoms with E-state index in [1.54, 1.807) is 42.5 Å². The zero-order chi connectivity index (χ0) is 20.3. The molecular weight excluding hydrogens is 468 g/mol. The van der Waals surface area contributed by atoms with E-state index in [0.717, 1.165) is 4.47 Å². The lowest BCUT2D eigenvalue weighted by Crippen LogP contribution is -2.15. The number of aromatic hydroxyl groups is 1. The number of hydrogen-bond donors (Lipinski definition) is 3. The summed E-state index contributed by atoms with van der Waals surface area (Å²) in [5.74, 6) is -0.743. The summed E-state index contributed by atoms with van der Waals surface area (Å²) in [5.41, 5.74) is 0.621. The average Bonchev–Trinajstić information content (AvgIpc) is 2.63. The van der Waals surface area contributed by atoms with Crippen LogP contribution in [0.2, 0.25) is 5.02 Å². The fraction of sp³-hybridized carbons (Fsp3) is 0. The van der Waals surface area contributed by atoms with Gasteiger partial charge in [-0.3, -0.25) is 9.52 Å². The molecule has 0 heterocycles. The van der Waals surface area contributed by atoms with Crippen LogP contribution in [0.25, 0.3) is 0 Å². The lowest BCUT2D eigenvalue weighted by atomic mass is 10.2. The van der Waals surface area contributed by atoms with Gasteiger partial charge in [-0.2, -0.15) is 0 Å².